The predicted octanol–water partition coefficient (Wildman–Crippen LogP) is 4.53. The molecule has 0 saturated heterocycles. The number of para-hydroxylation sites is 1. The van der Waals surface area contributed by atoms with Crippen LogP contribution in [0, 0.1) is 18.6 Å². The first-order chi connectivity index (χ1) is 14.0. The zero-order valence-corrected chi connectivity index (χ0v) is 15.6. The van der Waals surface area contributed by atoms with E-state index >= 15 is 0 Å². The monoisotopic (exact) mass is 393 g/mol. The van der Waals surface area contributed by atoms with Gasteiger partial charge >= 0.3 is 0 Å². The van der Waals surface area contributed by atoms with Crippen molar-refractivity contribution >= 4 is 16.8 Å². The standard InChI is InChI=1S/C22H17F2N3O2/c1-12-19(25-11-29-12)22(28)27-9-8-15-14-4-2-3-5-18(14)26-20(15)21(27)16-10-13(23)6-7-17(16)24/h2-7,10-11,21,26H,8-9H2,1H3. The number of aromatic amines is 1. The third-order valence-electron chi connectivity index (χ3n) is 5.50. The largest absolute Gasteiger partial charge is 0.448 e. The second kappa shape index (κ2) is 6.55. The highest BCUT2D eigenvalue weighted by Crippen LogP contribution is 2.40. The smallest absolute Gasteiger partial charge is 0.276 e. The van der Waals surface area contributed by atoms with Gasteiger partial charge in [-0.15, -0.1) is 0 Å². The van der Waals surface area contributed by atoms with E-state index in [0.717, 1.165) is 34.7 Å². The highest BCUT2D eigenvalue weighted by molar-refractivity contribution is 5.94. The van der Waals surface area contributed by atoms with E-state index in [1.807, 2.05) is 24.3 Å². The number of oxazole rings is 1. The van der Waals surface area contributed by atoms with Crippen LogP contribution in [0.3, 0.4) is 0 Å². The van der Waals surface area contributed by atoms with E-state index in [0.29, 0.717) is 24.4 Å². The Hall–Kier alpha value is -3.48. The highest BCUT2D eigenvalue weighted by atomic mass is 19.1. The van der Waals surface area contributed by atoms with Crippen LogP contribution < -0.4 is 0 Å². The highest BCUT2D eigenvalue weighted by Gasteiger charge is 2.37. The fourth-order valence-electron chi connectivity index (χ4n) is 4.15. The molecular weight excluding hydrogens is 376 g/mol. The number of aryl methyl sites for hydroxylation is 1. The molecule has 5 nitrogen and oxygen atoms in total. The molecule has 0 fully saturated rings. The summed E-state index contributed by atoms with van der Waals surface area (Å²) in [6.07, 6.45) is 1.80. The number of fused-ring (bicyclic) bond motifs is 3. The maximum absolute atomic E-state index is 14.8. The molecule has 146 valence electrons. The number of benzene rings is 2. The minimum absolute atomic E-state index is 0.104. The molecule has 2 aromatic heterocycles. The summed E-state index contributed by atoms with van der Waals surface area (Å²) in [6.45, 7) is 2.00. The molecule has 5 rings (SSSR count). The lowest BCUT2D eigenvalue weighted by Gasteiger charge is -2.36. The van der Waals surface area contributed by atoms with Crippen molar-refractivity contribution in [2.45, 2.75) is 19.4 Å². The minimum atomic E-state index is -0.801. The van der Waals surface area contributed by atoms with Crippen LogP contribution in [0.15, 0.2) is 53.3 Å². The third kappa shape index (κ3) is 2.73. The van der Waals surface area contributed by atoms with Crippen LogP contribution in [0.5, 0.6) is 0 Å². The van der Waals surface area contributed by atoms with E-state index in [1.165, 1.54) is 11.3 Å². The van der Waals surface area contributed by atoms with E-state index in [9.17, 15) is 13.6 Å². The fourth-order valence-corrected chi connectivity index (χ4v) is 4.15. The van der Waals surface area contributed by atoms with Gasteiger partial charge in [0.25, 0.3) is 5.91 Å². The van der Waals surface area contributed by atoms with E-state index in [2.05, 4.69) is 9.97 Å². The normalized spacial score (nSPS) is 16.2. The summed E-state index contributed by atoms with van der Waals surface area (Å²) in [6, 6.07) is 10.3. The molecule has 0 radical (unpaired) electrons. The second-order valence-corrected chi connectivity index (χ2v) is 7.14. The van der Waals surface area contributed by atoms with Gasteiger partial charge < -0.3 is 14.3 Å². The molecule has 3 heterocycles. The number of amides is 1. The van der Waals surface area contributed by atoms with Gasteiger partial charge in [0, 0.05) is 28.7 Å². The number of hydrogen-bond acceptors (Lipinski definition) is 3. The molecule has 1 aliphatic heterocycles. The van der Waals surface area contributed by atoms with E-state index < -0.39 is 17.7 Å². The number of rotatable bonds is 2. The summed E-state index contributed by atoms with van der Waals surface area (Å²) in [5.74, 6) is -1.13. The quantitative estimate of drug-likeness (QED) is 0.544. The Bertz CT molecular complexity index is 1240. The fraction of sp³-hybridized carbons (Fsp3) is 0.182. The van der Waals surface area contributed by atoms with Gasteiger partial charge in [0.2, 0.25) is 0 Å². The van der Waals surface area contributed by atoms with Crippen LogP contribution in [-0.4, -0.2) is 27.3 Å². The lowest BCUT2D eigenvalue weighted by Crippen LogP contribution is -2.41. The van der Waals surface area contributed by atoms with Crippen LogP contribution in [0.1, 0.15) is 39.1 Å². The average Bonchev–Trinajstić information content (AvgIpc) is 3.32. The van der Waals surface area contributed by atoms with Gasteiger partial charge in [0.05, 0.1) is 0 Å². The molecule has 0 bridgehead atoms. The zero-order chi connectivity index (χ0) is 20.1. The number of H-pyrrole nitrogens is 1. The number of carbonyl (C=O) groups is 1. The topological polar surface area (TPSA) is 62.1 Å². The number of hydrogen-bond donors (Lipinski definition) is 1. The molecule has 1 amide bonds. The second-order valence-electron chi connectivity index (χ2n) is 7.14. The van der Waals surface area contributed by atoms with E-state index in [1.54, 1.807) is 6.92 Å². The van der Waals surface area contributed by atoms with Crippen molar-refractivity contribution in [3.63, 3.8) is 0 Å². The molecular formula is C22H17F2N3O2. The molecule has 0 saturated carbocycles. The molecule has 29 heavy (non-hydrogen) atoms. The van der Waals surface area contributed by atoms with Gasteiger partial charge in [-0.05, 0) is 43.2 Å². The minimum Gasteiger partial charge on any atom is -0.448 e. The Morgan fingerprint density at radius 2 is 2.07 bits per heavy atom. The van der Waals surface area contributed by atoms with Crippen molar-refractivity contribution in [3.8, 4) is 0 Å². The van der Waals surface area contributed by atoms with Crippen molar-refractivity contribution in [3.05, 3.63) is 88.8 Å². The average molecular weight is 393 g/mol. The maximum Gasteiger partial charge on any atom is 0.276 e. The zero-order valence-electron chi connectivity index (χ0n) is 15.6. The predicted molar refractivity (Wildman–Crippen MR) is 102 cm³/mol. The lowest BCUT2D eigenvalue weighted by atomic mass is 9.91. The molecule has 0 aliphatic carbocycles. The van der Waals surface area contributed by atoms with Crippen molar-refractivity contribution in [1.82, 2.24) is 14.9 Å². The van der Waals surface area contributed by atoms with Crippen LogP contribution in [-0.2, 0) is 6.42 Å². The van der Waals surface area contributed by atoms with Crippen molar-refractivity contribution in [2.75, 3.05) is 6.54 Å². The van der Waals surface area contributed by atoms with E-state index in [-0.39, 0.29) is 17.2 Å². The first-order valence-corrected chi connectivity index (χ1v) is 9.30. The number of nitrogens with one attached hydrogen (secondary N) is 1. The summed E-state index contributed by atoms with van der Waals surface area (Å²) in [5, 5.41) is 1.02. The van der Waals surface area contributed by atoms with Gasteiger partial charge in [-0.25, -0.2) is 13.8 Å². The summed E-state index contributed by atoms with van der Waals surface area (Å²) < 4.78 is 34.0. The Morgan fingerprint density at radius 1 is 1.24 bits per heavy atom. The van der Waals surface area contributed by atoms with Crippen LogP contribution in [0.2, 0.25) is 0 Å². The third-order valence-corrected chi connectivity index (χ3v) is 5.50. The van der Waals surface area contributed by atoms with Crippen LogP contribution >= 0.6 is 0 Å². The molecule has 2 aromatic carbocycles. The van der Waals surface area contributed by atoms with Gasteiger partial charge in [-0.2, -0.15) is 0 Å². The van der Waals surface area contributed by atoms with Gasteiger partial charge in [-0.3, -0.25) is 4.79 Å². The first-order valence-electron chi connectivity index (χ1n) is 9.30. The van der Waals surface area contributed by atoms with Crippen molar-refractivity contribution in [1.29, 1.82) is 0 Å². The molecule has 4 aromatic rings. The summed E-state index contributed by atoms with van der Waals surface area (Å²) >= 11 is 0. The molecule has 1 N–H and O–H groups in total. The number of nitrogens with zero attached hydrogens (tertiary/aromatic N) is 2. The summed E-state index contributed by atoms with van der Waals surface area (Å²) in [7, 11) is 0. The maximum atomic E-state index is 14.8. The summed E-state index contributed by atoms with van der Waals surface area (Å²) in [5.41, 5.74) is 2.87. The Balaban J connectivity index is 1.72. The van der Waals surface area contributed by atoms with Crippen LogP contribution in [0.25, 0.3) is 10.9 Å². The Labute approximate surface area is 165 Å². The van der Waals surface area contributed by atoms with Crippen molar-refractivity contribution < 1.29 is 18.0 Å². The molecule has 1 atom stereocenters. The van der Waals surface area contributed by atoms with E-state index in [4.69, 9.17) is 4.42 Å². The number of halogens is 2. The summed E-state index contributed by atoms with van der Waals surface area (Å²) in [4.78, 5) is 22.1. The van der Waals surface area contributed by atoms with Gasteiger partial charge in [0.15, 0.2) is 12.1 Å². The first kappa shape index (κ1) is 17.6. The molecule has 0 spiro atoms. The number of aromatic nitrogens is 2. The SMILES string of the molecule is Cc1ocnc1C(=O)N1CCc2c([nH]c3ccccc23)C1c1cc(F)ccc1F. The van der Waals surface area contributed by atoms with Crippen molar-refractivity contribution in [2.24, 2.45) is 0 Å². The Morgan fingerprint density at radius 3 is 2.86 bits per heavy atom. The molecule has 1 unspecified atom stereocenters. The van der Waals surface area contributed by atoms with Gasteiger partial charge in [0.1, 0.15) is 23.4 Å². The Kier molecular flexibility index (Phi) is 3.97. The lowest BCUT2D eigenvalue weighted by molar-refractivity contribution is 0.0682. The van der Waals surface area contributed by atoms with Gasteiger partial charge in [-0.1, -0.05) is 18.2 Å². The number of carbonyl (C=O) groups excluding carboxylic acids is 1. The molecule has 7 heteroatoms. The molecule has 1 aliphatic rings. The van der Waals surface area contributed by atoms with Crippen LogP contribution in [0.4, 0.5) is 8.78 Å².